The quantitative estimate of drug-likeness (QED) is 0.480. The van der Waals surface area contributed by atoms with E-state index in [4.69, 9.17) is 9.47 Å². The fourth-order valence-corrected chi connectivity index (χ4v) is 3.53. The number of halogens is 2. The highest BCUT2D eigenvalue weighted by Crippen LogP contribution is 2.30. The number of hydrogen-bond acceptors (Lipinski definition) is 2. The standard InChI is InChI=1S/C15H20BrIO2/c1-18-13-3-2-4-14(9-13)19-15(10-17)11-5-7-12(16)8-6-11/h5-8,13-15H,2-4,9-10H2,1H3. The van der Waals surface area contributed by atoms with Gasteiger partial charge in [0.2, 0.25) is 0 Å². The molecule has 0 aliphatic heterocycles. The highest BCUT2D eigenvalue weighted by molar-refractivity contribution is 14.1. The Morgan fingerprint density at radius 2 is 1.95 bits per heavy atom. The molecule has 1 aromatic rings. The summed E-state index contributed by atoms with van der Waals surface area (Å²) in [5.41, 5.74) is 1.26. The van der Waals surface area contributed by atoms with Crippen LogP contribution in [0.2, 0.25) is 0 Å². The largest absolute Gasteiger partial charge is 0.381 e. The van der Waals surface area contributed by atoms with Gasteiger partial charge in [-0.05, 0) is 43.4 Å². The molecule has 0 aromatic heterocycles. The summed E-state index contributed by atoms with van der Waals surface area (Å²) in [6.45, 7) is 0. The van der Waals surface area contributed by atoms with Gasteiger partial charge in [0.05, 0.1) is 18.3 Å². The van der Waals surface area contributed by atoms with Crippen molar-refractivity contribution in [2.45, 2.75) is 44.0 Å². The number of benzene rings is 1. The summed E-state index contributed by atoms with van der Waals surface area (Å²) >= 11 is 5.88. The first-order chi connectivity index (χ1) is 9.22. The molecule has 1 aliphatic rings. The van der Waals surface area contributed by atoms with Crippen LogP contribution >= 0.6 is 38.5 Å². The first-order valence-electron chi connectivity index (χ1n) is 6.72. The first-order valence-corrected chi connectivity index (χ1v) is 9.04. The van der Waals surface area contributed by atoms with Crippen LogP contribution in [0.1, 0.15) is 37.4 Å². The van der Waals surface area contributed by atoms with Crippen LogP contribution in [0.3, 0.4) is 0 Å². The maximum absolute atomic E-state index is 6.30. The van der Waals surface area contributed by atoms with E-state index in [1.54, 1.807) is 7.11 Å². The molecular weight excluding hydrogens is 419 g/mol. The molecule has 106 valence electrons. The molecule has 2 nitrogen and oxygen atoms in total. The fraction of sp³-hybridized carbons (Fsp3) is 0.600. The summed E-state index contributed by atoms with van der Waals surface area (Å²) < 4.78 is 13.9. The molecule has 3 atom stereocenters. The molecule has 1 aromatic carbocycles. The van der Waals surface area contributed by atoms with Gasteiger partial charge in [-0.1, -0.05) is 50.7 Å². The number of ether oxygens (including phenoxy) is 2. The molecule has 1 fully saturated rings. The maximum Gasteiger partial charge on any atom is 0.0918 e. The van der Waals surface area contributed by atoms with Crippen molar-refractivity contribution in [2.75, 3.05) is 11.5 Å². The Morgan fingerprint density at radius 1 is 1.26 bits per heavy atom. The molecule has 0 N–H and O–H groups in total. The molecule has 1 aliphatic carbocycles. The van der Waals surface area contributed by atoms with Gasteiger partial charge in [-0.25, -0.2) is 0 Å². The van der Waals surface area contributed by atoms with Crippen molar-refractivity contribution in [3.05, 3.63) is 34.3 Å². The molecule has 19 heavy (non-hydrogen) atoms. The number of rotatable bonds is 5. The summed E-state index contributed by atoms with van der Waals surface area (Å²) in [5, 5.41) is 0. The van der Waals surface area contributed by atoms with Crippen LogP contribution in [0.25, 0.3) is 0 Å². The van der Waals surface area contributed by atoms with E-state index in [2.05, 4.69) is 62.8 Å². The SMILES string of the molecule is COC1CCCC(OC(CI)c2ccc(Br)cc2)C1. The predicted octanol–water partition coefficient (Wildman–Crippen LogP) is 4.90. The molecule has 0 heterocycles. The molecule has 0 amide bonds. The summed E-state index contributed by atoms with van der Waals surface area (Å²) in [5.74, 6) is 0. The Morgan fingerprint density at radius 3 is 2.58 bits per heavy atom. The van der Waals surface area contributed by atoms with E-state index < -0.39 is 0 Å². The lowest BCUT2D eigenvalue weighted by Gasteiger charge is -2.31. The van der Waals surface area contributed by atoms with Crippen molar-refractivity contribution in [3.8, 4) is 0 Å². The summed E-state index contributed by atoms with van der Waals surface area (Å²) in [7, 11) is 1.80. The third kappa shape index (κ3) is 4.69. The molecule has 0 saturated heterocycles. The van der Waals surface area contributed by atoms with Gasteiger partial charge < -0.3 is 9.47 Å². The number of alkyl halides is 1. The lowest BCUT2D eigenvalue weighted by atomic mass is 9.94. The van der Waals surface area contributed by atoms with Gasteiger partial charge in [0.25, 0.3) is 0 Å². The second-order valence-corrected chi connectivity index (χ2v) is 6.77. The van der Waals surface area contributed by atoms with Crippen molar-refractivity contribution in [3.63, 3.8) is 0 Å². The topological polar surface area (TPSA) is 18.5 Å². The van der Waals surface area contributed by atoms with Gasteiger partial charge in [0.15, 0.2) is 0 Å². The van der Waals surface area contributed by atoms with Crippen molar-refractivity contribution in [2.24, 2.45) is 0 Å². The Labute approximate surface area is 137 Å². The lowest BCUT2D eigenvalue weighted by molar-refractivity contribution is -0.0578. The third-order valence-electron chi connectivity index (χ3n) is 3.65. The van der Waals surface area contributed by atoms with Gasteiger partial charge in [-0.2, -0.15) is 0 Å². The van der Waals surface area contributed by atoms with E-state index in [0.717, 1.165) is 21.7 Å². The molecule has 3 unspecified atom stereocenters. The minimum atomic E-state index is 0.189. The first kappa shape index (κ1) is 15.7. The van der Waals surface area contributed by atoms with E-state index in [9.17, 15) is 0 Å². The van der Waals surface area contributed by atoms with E-state index >= 15 is 0 Å². The highest BCUT2D eigenvalue weighted by Gasteiger charge is 2.25. The van der Waals surface area contributed by atoms with Crippen molar-refractivity contribution in [1.29, 1.82) is 0 Å². The molecule has 0 radical (unpaired) electrons. The van der Waals surface area contributed by atoms with Crippen LogP contribution in [-0.4, -0.2) is 23.7 Å². The van der Waals surface area contributed by atoms with Gasteiger partial charge in [-0.15, -0.1) is 0 Å². The predicted molar refractivity (Wildman–Crippen MR) is 89.9 cm³/mol. The van der Waals surface area contributed by atoms with Crippen LogP contribution < -0.4 is 0 Å². The van der Waals surface area contributed by atoms with Crippen LogP contribution in [-0.2, 0) is 9.47 Å². The maximum atomic E-state index is 6.30. The Bertz CT molecular complexity index is 382. The molecule has 4 heteroatoms. The number of hydrogen-bond donors (Lipinski definition) is 0. The Hall–Kier alpha value is 0.350. The average molecular weight is 439 g/mol. The Balaban J connectivity index is 1.96. The molecule has 1 saturated carbocycles. The normalized spacial score (nSPS) is 25.2. The van der Waals surface area contributed by atoms with Crippen molar-refractivity contribution < 1.29 is 9.47 Å². The van der Waals surface area contributed by atoms with Crippen LogP contribution in [0.5, 0.6) is 0 Å². The third-order valence-corrected chi connectivity index (χ3v) is 4.98. The second kappa shape index (κ2) is 7.96. The van der Waals surface area contributed by atoms with Gasteiger partial charge in [-0.3, -0.25) is 0 Å². The molecular formula is C15H20BrIO2. The number of methoxy groups -OCH3 is 1. The van der Waals surface area contributed by atoms with E-state index in [1.165, 1.54) is 18.4 Å². The van der Waals surface area contributed by atoms with Crippen molar-refractivity contribution in [1.82, 2.24) is 0 Å². The minimum absolute atomic E-state index is 0.189. The fourth-order valence-electron chi connectivity index (χ4n) is 2.55. The van der Waals surface area contributed by atoms with Crippen LogP contribution in [0, 0.1) is 0 Å². The minimum Gasteiger partial charge on any atom is -0.381 e. The van der Waals surface area contributed by atoms with Crippen LogP contribution in [0.4, 0.5) is 0 Å². The van der Waals surface area contributed by atoms with E-state index in [0.29, 0.717) is 12.2 Å². The summed E-state index contributed by atoms with van der Waals surface area (Å²) in [6.07, 6.45) is 5.46. The van der Waals surface area contributed by atoms with Gasteiger partial charge in [0, 0.05) is 16.0 Å². The second-order valence-electron chi connectivity index (χ2n) is 4.98. The zero-order valence-electron chi connectivity index (χ0n) is 11.1. The highest BCUT2D eigenvalue weighted by atomic mass is 127. The zero-order valence-corrected chi connectivity index (χ0v) is 14.9. The monoisotopic (exact) mass is 438 g/mol. The van der Waals surface area contributed by atoms with E-state index in [-0.39, 0.29) is 6.10 Å². The van der Waals surface area contributed by atoms with Gasteiger partial charge in [0.1, 0.15) is 0 Å². The van der Waals surface area contributed by atoms with Crippen molar-refractivity contribution >= 4 is 38.5 Å². The van der Waals surface area contributed by atoms with E-state index in [1.807, 2.05) is 0 Å². The average Bonchev–Trinajstić information content (AvgIpc) is 2.46. The molecule has 0 bridgehead atoms. The van der Waals surface area contributed by atoms with Gasteiger partial charge >= 0.3 is 0 Å². The summed E-state index contributed by atoms with van der Waals surface area (Å²) in [6, 6.07) is 8.45. The zero-order chi connectivity index (χ0) is 13.7. The summed E-state index contributed by atoms with van der Waals surface area (Å²) in [4.78, 5) is 0. The van der Waals surface area contributed by atoms with Crippen LogP contribution in [0.15, 0.2) is 28.7 Å². The smallest absolute Gasteiger partial charge is 0.0918 e. The molecule has 2 rings (SSSR count). The molecule has 0 spiro atoms. The Kier molecular flexibility index (Phi) is 6.59. The lowest BCUT2D eigenvalue weighted by Crippen LogP contribution is -2.29.